The predicted molar refractivity (Wildman–Crippen MR) is 145 cm³/mol. The molecule has 0 unspecified atom stereocenters. The summed E-state index contributed by atoms with van der Waals surface area (Å²) in [7, 11) is 0. The van der Waals surface area contributed by atoms with Crippen LogP contribution in [0.15, 0.2) is 66.7 Å². The second-order valence-electron chi connectivity index (χ2n) is 9.81. The molecule has 0 heterocycles. The Morgan fingerprint density at radius 2 is 0.788 bits per heavy atom. The summed E-state index contributed by atoms with van der Waals surface area (Å²) < 4.78 is 0. The van der Waals surface area contributed by atoms with Crippen molar-refractivity contribution in [2.24, 2.45) is 0 Å². The number of rotatable bonds is 2. The van der Waals surface area contributed by atoms with E-state index in [1.165, 1.54) is 82.7 Å². The summed E-state index contributed by atoms with van der Waals surface area (Å²) >= 11 is 0. The minimum absolute atomic E-state index is 1.29. The SMILES string of the molecule is Cc1ccc2c(-c3cc(C)c(C)c(C)c3)c3ccccc3c(-c3cc(C)c(C)c(C)c3)c2c1. The third-order valence-electron chi connectivity index (χ3n) is 7.61. The molecule has 0 aliphatic carbocycles. The van der Waals surface area contributed by atoms with Gasteiger partial charge in [-0.05, 0) is 126 Å². The van der Waals surface area contributed by atoms with Crippen molar-refractivity contribution in [3.05, 3.63) is 106 Å². The lowest BCUT2D eigenvalue weighted by molar-refractivity contribution is 1.27. The molecule has 0 atom stereocenters. The molecule has 0 heteroatoms. The van der Waals surface area contributed by atoms with E-state index in [2.05, 4.69) is 115 Å². The first-order valence-corrected chi connectivity index (χ1v) is 11.9. The molecule has 5 rings (SSSR count). The van der Waals surface area contributed by atoms with E-state index in [0.29, 0.717) is 0 Å². The highest BCUT2D eigenvalue weighted by Gasteiger charge is 2.18. The first kappa shape index (κ1) is 21.5. The highest BCUT2D eigenvalue weighted by molar-refractivity contribution is 6.21. The zero-order valence-electron chi connectivity index (χ0n) is 20.9. The van der Waals surface area contributed by atoms with Gasteiger partial charge in [0.1, 0.15) is 0 Å². The highest BCUT2D eigenvalue weighted by Crippen LogP contribution is 2.45. The van der Waals surface area contributed by atoms with E-state index in [1.807, 2.05) is 0 Å². The van der Waals surface area contributed by atoms with Crippen LogP contribution in [0, 0.1) is 48.5 Å². The van der Waals surface area contributed by atoms with E-state index in [-0.39, 0.29) is 0 Å². The largest absolute Gasteiger partial charge is 0.0616 e. The minimum atomic E-state index is 1.29. The normalized spacial score (nSPS) is 11.5. The smallest absolute Gasteiger partial charge is 0.00261 e. The summed E-state index contributed by atoms with van der Waals surface area (Å²) in [5.41, 5.74) is 14.8. The maximum absolute atomic E-state index is 2.37. The minimum Gasteiger partial charge on any atom is -0.0616 e. The van der Waals surface area contributed by atoms with Gasteiger partial charge in [0.15, 0.2) is 0 Å². The standard InChI is InChI=1S/C33H32/c1-19-12-13-30-31(14-19)33(27-17-22(4)25(7)23(5)18-27)29-11-9-8-10-28(29)32(30)26-15-20(2)24(6)21(3)16-26/h8-18H,1-7H3. The van der Waals surface area contributed by atoms with Crippen molar-refractivity contribution in [3.63, 3.8) is 0 Å². The fourth-order valence-electron chi connectivity index (χ4n) is 5.27. The fraction of sp³-hybridized carbons (Fsp3) is 0.212. The van der Waals surface area contributed by atoms with E-state index < -0.39 is 0 Å². The van der Waals surface area contributed by atoms with Crippen LogP contribution in [0.2, 0.25) is 0 Å². The molecule has 0 fully saturated rings. The van der Waals surface area contributed by atoms with Gasteiger partial charge >= 0.3 is 0 Å². The van der Waals surface area contributed by atoms with Gasteiger partial charge in [0.05, 0.1) is 0 Å². The Balaban J connectivity index is 2.00. The number of fused-ring (bicyclic) bond motifs is 2. The molecule has 0 N–H and O–H groups in total. The van der Waals surface area contributed by atoms with Crippen molar-refractivity contribution in [2.75, 3.05) is 0 Å². The van der Waals surface area contributed by atoms with Crippen LogP contribution < -0.4 is 0 Å². The molecule has 33 heavy (non-hydrogen) atoms. The zero-order chi connectivity index (χ0) is 23.4. The number of aryl methyl sites for hydroxylation is 5. The van der Waals surface area contributed by atoms with Crippen molar-refractivity contribution in [2.45, 2.75) is 48.5 Å². The van der Waals surface area contributed by atoms with Crippen molar-refractivity contribution in [1.82, 2.24) is 0 Å². The Labute approximate surface area is 197 Å². The molecule has 0 aliphatic heterocycles. The highest BCUT2D eigenvalue weighted by atomic mass is 14.2. The van der Waals surface area contributed by atoms with Gasteiger partial charge in [-0.2, -0.15) is 0 Å². The van der Waals surface area contributed by atoms with Crippen LogP contribution >= 0.6 is 0 Å². The van der Waals surface area contributed by atoms with Gasteiger partial charge in [0, 0.05) is 0 Å². The number of benzene rings is 5. The quantitative estimate of drug-likeness (QED) is 0.246. The lowest BCUT2D eigenvalue weighted by Gasteiger charge is -2.20. The Morgan fingerprint density at radius 3 is 1.24 bits per heavy atom. The van der Waals surface area contributed by atoms with Gasteiger partial charge in [-0.1, -0.05) is 72.3 Å². The molecule has 164 valence electrons. The summed E-state index contributed by atoms with van der Waals surface area (Å²) in [6.07, 6.45) is 0. The molecule has 0 radical (unpaired) electrons. The van der Waals surface area contributed by atoms with Crippen LogP contribution in [0.25, 0.3) is 43.8 Å². The van der Waals surface area contributed by atoms with Crippen molar-refractivity contribution < 1.29 is 0 Å². The third-order valence-corrected chi connectivity index (χ3v) is 7.61. The molecule has 5 aromatic rings. The van der Waals surface area contributed by atoms with Gasteiger partial charge in [0.2, 0.25) is 0 Å². The van der Waals surface area contributed by atoms with Gasteiger partial charge in [-0.15, -0.1) is 0 Å². The average molecular weight is 429 g/mol. The second-order valence-corrected chi connectivity index (χ2v) is 9.81. The van der Waals surface area contributed by atoms with Crippen molar-refractivity contribution in [1.29, 1.82) is 0 Å². The van der Waals surface area contributed by atoms with Crippen LogP contribution in [-0.2, 0) is 0 Å². The van der Waals surface area contributed by atoms with Crippen molar-refractivity contribution >= 4 is 21.5 Å². The van der Waals surface area contributed by atoms with Crippen LogP contribution in [0.3, 0.4) is 0 Å². The first-order chi connectivity index (χ1) is 15.8. The molecule has 5 aromatic carbocycles. The number of hydrogen-bond acceptors (Lipinski definition) is 0. The molecule has 0 nitrogen and oxygen atoms in total. The molecule has 0 aromatic heterocycles. The third kappa shape index (κ3) is 3.45. The van der Waals surface area contributed by atoms with Gasteiger partial charge in [0.25, 0.3) is 0 Å². The maximum Gasteiger partial charge on any atom is -0.00261 e. The maximum atomic E-state index is 2.37. The molecule has 0 bridgehead atoms. The summed E-state index contributed by atoms with van der Waals surface area (Å²) in [6.45, 7) is 15.6. The molecule has 0 aliphatic rings. The van der Waals surface area contributed by atoms with Gasteiger partial charge < -0.3 is 0 Å². The van der Waals surface area contributed by atoms with E-state index in [9.17, 15) is 0 Å². The Kier molecular flexibility index (Phi) is 5.13. The van der Waals surface area contributed by atoms with Crippen LogP contribution in [0.4, 0.5) is 0 Å². The van der Waals surface area contributed by atoms with E-state index in [0.717, 1.165) is 0 Å². The summed E-state index contributed by atoms with van der Waals surface area (Å²) in [4.78, 5) is 0. The molecule has 0 amide bonds. The van der Waals surface area contributed by atoms with E-state index in [4.69, 9.17) is 0 Å². The summed E-state index contributed by atoms with van der Waals surface area (Å²) in [5.74, 6) is 0. The van der Waals surface area contributed by atoms with Crippen molar-refractivity contribution in [3.8, 4) is 22.3 Å². The van der Waals surface area contributed by atoms with Crippen LogP contribution in [0.5, 0.6) is 0 Å². The Bertz CT molecular complexity index is 1520. The van der Waals surface area contributed by atoms with E-state index >= 15 is 0 Å². The fourth-order valence-corrected chi connectivity index (χ4v) is 5.27. The molecule has 0 saturated heterocycles. The lowest BCUT2D eigenvalue weighted by atomic mass is 9.83. The molecule has 0 spiro atoms. The second kappa shape index (κ2) is 7.89. The monoisotopic (exact) mass is 428 g/mol. The molecular formula is C33H32. The zero-order valence-corrected chi connectivity index (χ0v) is 20.9. The Hall–Kier alpha value is -3.38. The summed E-state index contributed by atoms with van der Waals surface area (Å²) in [6, 6.07) is 25.4. The van der Waals surface area contributed by atoms with Gasteiger partial charge in [-0.25, -0.2) is 0 Å². The Morgan fingerprint density at radius 1 is 0.394 bits per heavy atom. The molecule has 0 saturated carbocycles. The van der Waals surface area contributed by atoms with Gasteiger partial charge in [-0.3, -0.25) is 0 Å². The van der Waals surface area contributed by atoms with E-state index in [1.54, 1.807) is 0 Å². The van der Waals surface area contributed by atoms with Crippen LogP contribution in [0.1, 0.15) is 38.9 Å². The lowest BCUT2D eigenvalue weighted by Crippen LogP contribution is -1.95. The average Bonchev–Trinajstić information content (AvgIpc) is 2.78. The predicted octanol–water partition coefficient (Wildman–Crippen LogP) is 9.49. The number of hydrogen-bond donors (Lipinski definition) is 0. The topological polar surface area (TPSA) is 0 Å². The first-order valence-electron chi connectivity index (χ1n) is 11.9. The summed E-state index contributed by atoms with van der Waals surface area (Å²) in [5, 5.41) is 5.31. The van der Waals surface area contributed by atoms with Crippen LogP contribution in [-0.4, -0.2) is 0 Å². The molecular weight excluding hydrogens is 396 g/mol.